The lowest BCUT2D eigenvalue weighted by Gasteiger charge is -2.42. The van der Waals surface area contributed by atoms with Crippen LogP contribution in [0.1, 0.15) is 0 Å². The van der Waals surface area contributed by atoms with Gasteiger partial charge in [-0.1, -0.05) is 17.7 Å². The molecule has 0 aliphatic carbocycles. The van der Waals surface area contributed by atoms with Crippen molar-refractivity contribution in [1.29, 1.82) is 0 Å². The Balaban J connectivity index is 1.55. The summed E-state index contributed by atoms with van der Waals surface area (Å²) in [6, 6.07) is 5.93. The van der Waals surface area contributed by atoms with Crippen molar-refractivity contribution in [3.63, 3.8) is 0 Å². The fourth-order valence-corrected chi connectivity index (χ4v) is 2.55. The Morgan fingerprint density at radius 2 is 2.10 bits per heavy atom. The summed E-state index contributed by atoms with van der Waals surface area (Å²) in [5.41, 5.74) is 0.603. The molecule has 3 rings (SSSR count). The molecule has 2 aliphatic heterocycles. The molecule has 0 spiro atoms. The zero-order valence-electron chi connectivity index (χ0n) is 11.0. The van der Waals surface area contributed by atoms with Crippen molar-refractivity contribution in [2.75, 3.05) is 25.0 Å². The van der Waals surface area contributed by atoms with Crippen molar-refractivity contribution in [3.8, 4) is 0 Å². The van der Waals surface area contributed by atoms with E-state index in [4.69, 9.17) is 11.6 Å². The first kappa shape index (κ1) is 13.7. The van der Waals surface area contributed by atoms with Crippen LogP contribution in [0.2, 0.25) is 5.02 Å². The van der Waals surface area contributed by atoms with Gasteiger partial charge in [0.05, 0.1) is 12.6 Å². The van der Waals surface area contributed by atoms with E-state index in [-0.39, 0.29) is 30.6 Å². The molecule has 0 saturated carbocycles. The van der Waals surface area contributed by atoms with E-state index in [9.17, 15) is 14.4 Å². The quantitative estimate of drug-likeness (QED) is 0.803. The van der Waals surface area contributed by atoms with Crippen LogP contribution in [0.4, 0.5) is 15.3 Å². The zero-order valence-corrected chi connectivity index (χ0v) is 11.8. The number of anilines is 1. The molecule has 110 valence electrons. The van der Waals surface area contributed by atoms with Crippen LogP contribution in [-0.4, -0.2) is 53.4 Å². The van der Waals surface area contributed by atoms with Crippen molar-refractivity contribution >= 4 is 35.3 Å². The third-order valence-electron chi connectivity index (χ3n) is 3.47. The molecule has 2 aliphatic rings. The average molecular weight is 309 g/mol. The van der Waals surface area contributed by atoms with E-state index in [2.05, 4.69) is 10.6 Å². The molecular formula is C13H13ClN4O3. The number of halogens is 1. The summed E-state index contributed by atoms with van der Waals surface area (Å²) >= 11 is 5.84. The number of hydrogen-bond donors (Lipinski definition) is 2. The summed E-state index contributed by atoms with van der Waals surface area (Å²) < 4.78 is 0. The number of benzene rings is 1. The predicted molar refractivity (Wildman–Crippen MR) is 76.1 cm³/mol. The molecule has 7 nitrogen and oxygen atoms in total. The van der Waals surface area contributed by atoms with Gasteiger partial charge in [0.1, 0.15) is 0 Å². The van der Waals surface area contributed by atoms with Gasteiger partial charge in [0, 0.05) is 23.8 Å². The number of imide groups is 1. The Kier molecular flexibility index (Phi) is 3.42. The van der Waals surface area contributed by atoms with Gasteiger partial charge in [0.25, 0.3) is 0 Å². The van der Waals surface area contributed by atoms with Crippen LogP contribution in [0.5, 0.6) is 0 Å². The van der Waals surface area contributed by atoms with Crippen molar-refractivity contribution in [2.24, 2.45) is 0 Å². The van der Waals surface area contributed by atoms with E-state index in [1.165, 1.54) is 9.80 Å². The highest BCUT2D eigenvalue weighted by atomic mass is 35.5. The largest absolute Gasteiger partial charge is 0.329 e. The number of hydrogen-bond acceptors (Lipinski definition) is 3. The number of nitrogens with one attached hydrogen (secondary N) is 2. The minimum absolute atomic E-state index is 0.0318. The molecule has 8 heteroatoms. The highest BCUT2D eigenvalue weighted by Crippen LogP contribution is 2.20. The van der Waals surface area contributed by atoms with Gasteiger partial charge >= 0.3 is 12.1 Å². The molecule has 2 N–H and O–H groups in total. The molecule has 2 saturated heterocycles. The standard InChI is InChI=1S/C13H13ClN4O3/c14-8-2-1-3-9(4-8)16-13(21)17-6-10(7-17)18-11(19)5-15-12(18)20/h1-4,10H,5-7H2,(H,15,20)(H,16,21). The number of amides is 5. The normalized spacial score (nSPS) is 18.5. The van der Waals surface area contributed by atoms with E-state index < -0.39 is 0 Å². The fourth-order valence-electron chi connectivity index (χ4n) is 2.36. The molecule has 5 amide bonds. The van der Waals surface area contributed by atoms with Gasteiger partial charge in [0.2, 0.25) is 5.91 Å². The highest BCUT2D eigenvalue weighted by molar-refractivity contribution is 6.30. The second-order valence-electron chi connectivity index (χ2n) is 4.92. The monoisotopic (exact) mass is 308 g/mol. The van der Waals surface area contributed by atoms with Crippen LogP contribution in [0.25, 0.3) is 0 Å². The summed E-state index contributed by atoms with van der Waals surface area (Å²) in [4.78, 5) is 37.7. The molecule has 0 radical (unpaired) electrons. The van der Waals surface area contributed by atoms with Crippen LogP contribution in [0.3, 0.4) is 0 Å². The molecule has 1 aromatic rings. The second kappa shape index (κ2) is 5.25. The fraction of sp³-hybridized carbons (Fsp3) is 0.308. The summed E-state index contributed by atoms with van der Waals surface area (Å²) in [6.45, 7) is 0.709. The lowest BCUT2D eigenvalue weighted by atomic mass is 10.1. The maximum atomic E-state index is 12.0. The summed E-state index contributed by atoms with van der Waals surface area (Å²) in [5.74, 6) is -0.250. The third-order valence-corrected chi connectivity index (χ3v) is 3.70. The molecule has 0 aromatic heterocycles. The van der Waals surface area contributed by atoms with Crippen molar-refractivity contribution in [2.45, 2.75) is 6.04 Å². The van der Waals surface area contributed by atoms with Crippen LogP contribution in [-0.2, 0) is 4.79 Å². The van der Waals surface area contributed by atoms with Gasteiger partial charge < -0.3 is 15.5 Å². The minimum Gasteiger partial charge on any atom is -0.329 e. The maximum absolute atomic E-state index is 12.0. The SMILES string of the molecule is O=C(Nc1cccc(Cl)c1)N1CC(N2C(=O)CNC2=O)C1. The third kappa shape index (κ3) is 2.64. The number of carbonyl (C=O) groups excluding carboxylic acids is 3. The first-order chi connectivity index (χ1) is 10.0. The molecular weight excluding hydrogens is 296 g/mol. The Labute approximate surface area is 125 Å². The van der Waals surface area contributed by atoms with Crippen LogP contribution in [0, 0.1) is 0 Å². The lowest BCUT2D eigenvalue weighted by Crippen LogP contribution is -2.63. The van der Waals surface area contributed by atoms with Gasteiger partial charge in [-0.3, -0.25) is 9.69 Å². The van der Waals surface area contributed by atoms with Crippen LogP contribution in [0.15, 0.2) is 24.3 Å². The van der Waals surface area contributed by atoms with Crippen LogP contribution >= 0.6 is 11.6 Å². The van der Waals surface area contributed by atoms with Gasteiger partial charge in [-0.25, -0.2) is 9.59 Å². The first-order valence-electron chi connectivity index (χ1n) is 6.46. The molecule has 2 fully saturated rings. The summed E-state index contributed by atoms with van der Waals surface area (Å²) in [6.07, 6.45) is 0. The predicted octanol–water partition coefficient (Wildman–Crippen LogP) is 1.11. The van der Waals surface area contributed by atoms with Gasteiger partial charge in [0.15, 0.2) is 0 Å². The van der Waals surface area contributed by atoms with E-state index in [0.29, 0.717) is 23.8 Å². The van der Waals surface area contributed by atoms with Gasteiger partial charge in [-0.05, 0) is 18.2 Å². The molecule has 0 bridgehead atoms. The van der Waals surface area contributed by atoms with Crippen molar-refractivity contribution < 1.29 is 14.4 Å². The highest BCUT2D eigenvalue weighted by Gasteiger charge is 2.42. The smallest absolute Gasteiger partial charge is 0.324 e. The molecule has 2 heterocycles. The topological polar surface area (TPSA) is 81.8 Å². The van der Waals surface area contributed by atoms with Crippen LogP contribution < -0.4 is 10.6 Å². The van der Waals surface area contributed by atoms with Crippen molar-refractivity contribution in [1.82, 2.24) is 15.1 Å². The zero-order chi connectivity index (χ0) is 15.0. The van der Waals surface area contributed by atoms with E-state index in [1.54, 1.807) is 24.3 Å². The first-order valence-corrected chi connectivity index (χ1v) is 6.84. The van der Waals surface area contributed by atoms with E-state index in [0.717, 1.165) is 0 Å². The average Bonchev–Trinajstić information content (AvgIpc) is 2.69. The summed E-state index contributed by atoms with van der Waals surface area (Å²) in [7, 11) is 0. The minimum atomic E-state index is -0.389. The number of urea groups is 2. The number of nitrogens with zero attached hydrogens (tertiary/aromatic N) is 2. The lowest BCUT2D eigenvalue weighted by molar-refractivity contribution is -0.128. The molecule has 0 atom stereocenters. The number of carbonyl (C=O) groups is 3. The van der Waals surface area contributed by atoms with Crippen molar-refractivity contribution in [3.05, 3.63) is 29.3 Å². The summed E-state index contributed by atoms with van der Waals surface area (Å²) in [5, 5.41) is 5.71. The Bertz CT molecular complexity index is 599. The van der Waals surface area contributed by atoms with Gasteiger partial charge in [-0.15, -0.1) is 0 Å². The molecule has 1 aromatic carbocycles. The van der Waals surface area contributed by atoms with Gasteiger partial charge in [-0.2, -0.15) is 0 Å². The number of likely N-dealkylation sites (tertiary alicyclic amines) is 1. The Morgan fingerprint density at radius 3 is 2.71 bits per heavy atom. The molecule has 21 heavy (non-hydrogen) atoms. The number of rotatable bonds is 2. The van der Waals surface area contributed by atoms with E-state index in [1.807, 2.05) is 0 Å². The molecule has 0 unspecified atom stereocenters. The Morgan fingerprint density at radius 1 is 1.33 bits per heavy atom. The maximum Gasteiger partial charge on any atom is 0.324 e. The van der Waals surface area contributed by atoms with E-state index >= 15 is 0 Å². The second-order valence-corrected chi connectivity index (χ2v) is 5.36. The Hall–Kier alpha value is -2.28.